The van der Waals surface area contributed by atoms with E-state index in [0.717, 1.165) is 70.4 Å². The number of fused-ring (bicyclic) bond motifs is 1. The monoisotopic (exact) mass is 374 g/mol. The number of carbonyl (C=O) groups is 2. The van der Waals surface area contributed by atoms with Gasteiger partial charge in [-0.1, -0.05) is 6.92 Å². The lowest BCUT2D eigenvalue weighted by Gasteiger charge is -2.27. The van der Waals surface area contributed by atoms with Crippen molar-refractivity contribution in [3.63, 3.8) is 0 Å². The van der Waals surface area contributed by atoms with Gasteiger partial charge in [-0.15, -0.1) is 0 Å². The molecule has 2 fully saturated rings. The standard InChI is InChI=1S/C20H30N4O3/c1-2-8-23-9-5-10-24-16(14-23)11-15(22-24)13-21-19(26)17-12-18(25)27-20(17)6-3-4-7-20/h11,17H,2-10,12-14H2,1H3,(H,21,26). The molecule has 0 bridgehead atoms. The van der Waals surface area contributed by atoms with Crippen LogP contribution in [0, 0.1) is 5.92 Å². The van der Waals surface area contributed by atoms with E-state index in [1.54, 1.807) is 0 Å². The van der Waals surface area contributed by atoms with E-state index < -0.39 is 5.60 Å². The Balaban J connectivity index is 1.38. The summed E-state index contributed by atoms with van der Waals surface area (Å²) in [6, 6.07) is 2.11. The highest BCUT2D eigenvalue weighted by atomic mass is 16.6. The number of carbonyl (C=O) groups excluding carboxylic acids is 2. The van der Waals surface area contributed by atoms with Gasteiger partial charge in [0, 0.05) is 19.6 Å². The first-order chi connectivity index (χ1) is 13.1. The van der Waals surface area contributed by atoms with Gasteiger partial charge >= 0.3 is 5.97 Å². The van der Waals surface area contributed by atoms with E-state index in [1.807, 2.05) is 0 Å². The molecule has 148 valence electrons. The number of aryl methyl sites for hydroxylation is 1. The van der Waals surface area contributed by atoms with E-state index >= 15 is 0 Å². The molecule has 2 aliphatic heterocycles. The molecular formula is C20H30N4O3. The Bertz CT molecular complexity index is 708. The number of hydrogen-bond acceptors (Lipinski definition) is 5. The second-order valence-electron chi connectivity index (χ2n) is 8.20. The van der Waals surface area contributed by atoms with Crippen molar-refractivity contribution >= 4 is 11.9 Å². The summed E-state index contributed by atoms with van der Waals surface area (Å²) in [5, 5.41) is 7.70. The van der Waals surface area contributed by atoms with Crippen molar-refractivity contribution in [3.05, 3.63) is 17.5 Å². The van der Waals surface area contributed by atoms with Crippen LogP contribution >= 0.6 is 0 Å². The normalized spacial score (nSPS) is 24.6. The average molecular weight is 374 g/mol. The summed E-state index contributed by atoms with van der Waals surface area (Å²) in [5.41, 5.74) is 1.56. The van der Waals surface area contributed by atoms with Crippen LogP contribution in [0.1, 0.15) is 63.3 Å². The topological polar surface area (TPSA) is 76.5 Å². The first kappa shape index (κ1) is 18.5. The Morgan fingerprint density at radius 3 is 2.93 bits per heavy atom. The van der Waals surface area contributed by atoms with E-state index in [1.165, 1.54) is 5.69 Å². The molecule has 1 amide bonds. The van der Waals surface area contributed by atoms with Crippen molar-refractivity contribution in [3.8, 4) is 0 Å². The van der Waals surface area contributed by atoms with Crippen LogP contribution in [-0.2, 0) is 34.0 Å². The summed E-state index contributed by atoms with van der Waals surface area (Å²) >= 11 is 0. The maximum atomic E-state index is 12.8. The molecule has 1 aromatic heterocycles. The Kier molecular flexibility index (Phi) is 5.21. The SMILES string of the molecule is CCCN1CCCn2nc(CNC(=O)C3CC(=O)OC34CCCC4)cc2C1. The maximum absolute atomic E-state index is 12.8. The van der Waals surface area contributed by atoms with Gasteiger partial charge in [0.25, 0.3) is 0 Å². The second-order valence-corrected chi connectivity index (χ2v) is 8.20. The quantitative estimate of drug-likeness (QED) is 0.798. The predicted octanol–water partition coefficient (Wildman–Crippen LogP) is 1.99. The summed E-state index contributed by atoms with van der Waals surface area (Å²) in [6.07, 6.45) is 6.13. The average Bonchev–Trinajstić information content (AvgIpc) is 3.31. The van der Waals surface area contributed by atoms with E-state index in [4.69, 9.17) is 4.74 Å². The molecule has 3 aliphatic rings. The molecule has 1 saturated heterocycles. The van der Waals surface area contributed by atoms with Gasteiger partial charge < -0.3 is 10.1 Å². The lowest BCUT2D eigenvalue weighted by molar-refractivity contribution is -0.150. The molecule has 1 atom stereocenters. The number of hydrogen-bond donors (Lipinski definition) is 1. The van der Waals surface area contributed by atoms with Crippen molar-refractivity contribution in [1.29, 1.82) is 0 Å². The Morgan fingerprint density at radius 2 is 2.15 bits per heavy atom. The smallest absolute Gasteiger partial charge is 0.307 e. The van der Waals surface area contributed by atoms with E-state index in [9.17, 15) is 9.59 Å². The number of nitrogens with zero attached hydrogens (tertiary/aromatic N) is 3. The summed E-state index contributed by atoms with van der Waals surface area (Å²) in [4.78, 5) is 27.1. The summed E-state index contributed by atoms with van der Waals surface area (Å²) < 4.78 is 7.67. The zero-order valence-electron chi connectivity index (χ0n) is 16.2. The highest BCUT2D eigenvalue weighted by Crippen LogP contribution is 2.45. The van der Waals surface area contributed by atoms with Gasteiger partial charge in [-0.25, -0.2) is 0 Å². The van der Waals surface area contributed by atoms with Crippen LogP contribution in [0.2, 0.25) is 0 Å². The highest BCUT2D eigenvalue weighted by molar-refractivity contribution is 5.87. The lowest BCUT2D eigenvalue weighted by Crippen LogP contribution is -2.42. The molecule has 1 saturated carbocycles. The zero-order chi connectivity index (χ0) is 18.9. The van der Waals surface area contributed by atoms with Crippen molar-refractivity contribution in [2.75, 3.05) is 13.1 Å². The van der Waals surface area contributed by atoms with Crippen LogP contribution in [0.4, 0.5) is 0 Å². The van der Waals surface area contributed by atoms with E-state index in [0.29, 0.717) is 6.54 Å². The molecule has 27 heavy (non-hydrogen) atoms. The Morgan fingerprint density at radius 1 is 1.33 bits per heavy atom. The van der Waals surface area contributed by atoms with Crippen LogP contribution in [0.5, 0.6) is 0 Å². The number of rotatable bonds is 5. The molecule has 0 radical (unpaired) electrons. The Hall–Kier alpha value is -1.89. The molecule has 1 aliphatic carbocycles. The predicted molar refractivity (Wildman–Crippen MR) is 99.7 cm³/mol. The maximum Gasteiger partial charge on any atom is 0.307 e. The lowest BCUT2D eigenvalue weighted by atomic mass is 9.85. The minimum Gasteiger partial charge on any atom is -0.458 e. The molecule has 0 aromatic carbocycles. The van der Waals surface area contributed by atoms with Crippen LogP contribution in [0.15, 0.2) is 6.07 Å². The third-order valence-electron chi connectivity index (χ3n) is 6.22. The largest absolute Gasteiger partial charge is 0.458 e. The number of nitrogens with one attached hydrogen (secondary N) is 1. The van der Waals surface area contributed by atoms with Gasteiger partial charge in [-0.3, -0.25) is 19.2 Å². The Labute approximate surface area is 160 Å². The fraction of sp³-hybridized carbons (Fsp3) is 0.750. The number of ether oxygens (including phenoxy) is 1. The fourth-order valence-corrected chi connectivity index (χ4v) is 4.93. The highest BCUT2D eigenvalue weighted by Gasteiger charge is 2.53. The number of aromatic nitrogens is 2. The van der Waals surface area contributed by atoms with Crippen molar-refractivity contribution < 1.29 is 14.3 Å². The molecule has 1 aromatic rings. The molecule has 1 spiro atoms. The van der Waals surface area contributed by atoms with Gasteiger partial charge in [-0.2, -0.15) is 5.10 Å². The second kappa shape index (κ2) is 7.62. The first-order valence-electron chi connectivity index (χ1n) is 10.4. The molecule has 7 nitrogen and oxygen atoms in total. The van der Waals surface area contributed by atoms with Gasteiger partial charge in [0.1, 0.15) is 5.60 Å². The van der Waals surface area contributed by atoms with E-state index in [2.05, 4.69) is 33.0 Å². The van der Waals surface area contributed by atoms with Gasteiger partial charge in [0.2, 0.25) is 5.91 Å². The molecule has 3 heterocycles. The molecule has 1 N–H and O–H groups in total. The number of esters is 1. The molecular weight excluding hydrogens is 344 g/mol. The van der Waals surface area contributed by atoms with Gasteiger partial charge in [-0.05, 0) is 51.1 Å². The summed E-state index contributed by atoms with van der Waals surface area (Å²) in [7, 11) is 0. The molecule has 1 unspecified atom stereocenters. The zero-order valence-corrected chi connectivity index (χ0v) is 16.2. The van der Waals surface area contributed by atoms with Crippen molar-refractivity contribution in [2.45, 2.75) is 77.1 Å². The first-order valence-corrected chi connectivity index (χ1v) is 10.4. The van der Waals surface area contributed by atoms with Crippen molar-refractivity contribution in [2.24, 2.45) is 5.92 Å². The summed E-state index contributed by atoms with van der Waals surface area (Å²) in [6.45, 7) is 6.68. The fourth-order valence-electron chi connectivity index (χ4n) is 4.93. The third-order valence-corrected chi connectivity index (χ3v) is 6.22. The minimum atomic E-state index is -0.548. The summed E-state index contributed by atoms with van der Waals surface area (Å²) in [5.74, 6) is -0.659. The van der Waals surface area contributed by atoms with Crippen LogP contribution in [0.3, 0.4) is 0 Å². The molecule has 7 heteroatoms. The van der Waals surface area contributed by atoms with Crippen LogP contribution in [0.25, 0.3) is 0 Å². The van der Waals surface area contributed by atoms with E-state index in [-0.39, 0.29) is 24.2 Å². The minimum absolute atomic E-state index is 0.0708. The third kappa shape index (κ3) is 3.74. The van der Waals surface area contributed by atoms with Gasteiger partial charge in [0.15, 0.2) is 0 Å². The van der Waals surface area contributed by atoms with Crippen molar-refractivity contribution in [1.82, 2.24) is 20.0 Å². The van der Waals surface area contributed by atoms with Gasteiger partial charge in [0.05, 0.1) is 30.3 Å². The van der Waals surface area contributed by atoms with Crippen LogP contribution in [-0.4, -0.2) is 45.2 Å². The molecule has 4 rings (SSSR count). The van der Waals surface area contributed by atoms with Crippen LogP contribution < -0.4 is 5.32 Å². The number of amides is 1.